The van der Waals surface area contributed by atoms with Crippen molar-refractivity contribution in [1.29, 1.82) is 0 Å². The smallest absolute Gasteiger partial charge is 0.124 e. The maximum atomic E-state index is 5.26. The molecule has 0 saturated carbocycles. The molecule has 0 unspecified atom stereocenters. The van der Waals surface area contributed by atoms with Crippen LogP contribution in [-0.4, -0.2) is 31.8 Å². The van der Waals surface area contributed by atoms with Gasteiger partial charge in [-0.05, 0) is 24.3 Å². The molecule has 0 atom stereocenters. The molecule has 1 N–H and O–H groups in total. The molecule has 0 amide bonds. The fraction of sp³-hybridized carbons (Fsp3) is 0.538. The van der Waals surface area contributed by atoms with Crippen LogP contribution in [0.4, 0.5) is 5.69 Å². The first-order valence-electron chi connectivity index (χ1n) is 5.89. The van der Waals surface area contributed by atoms with Crippen molar-refractivity contribution in [2.45, 2.75) is 18.9 Å². The number of hydrogen-bond donors (Lipinski definition) is 1. The largest absolute Gasteiger partial charge is 0.497 e. The van der Waals surface area contributed by atoms with E-state index < -0.39 is 0 Å². The standard InChI is InChI=1S/C13H19NO2S/c1-15-12-7-11(8-13(9-12)16-2)14-10-3-5-17-6-4-10/h7-10,14H,3-6H2,1-2H3. The van der Waals surface area contributed by atoms with E-state index in [-0.39, 0.29) is 0 Å². The summed E-state index contributed by atoms with van der Waals surface area (Å²) in [6.45, 7) is 0. The molecular weight excluding hydrogens is 234 g/mol. The summed E-state index contributed by atoms with van der Waals surface area (Å²) in [6.07, 6.45) is 2.45. The summed E-state index contributed by atoms with van der Waals surface area (Å²) in [5.41, 5.74) is 1.08. The monoisotopic (exact) mass is 253 g/mol. The van der Waals surface area contributed by atoms with Gasteiger partial charge in [-0.1, -0.05) is 0 Å². The molecule has 1 aromatic rings. The predicted molar refractivity (Wildman–Crippen MR) is 73.5 cm³/mol. The molecule has 94 valence electrons. The molecule has 2 rings (SSSR count). The Hall–Kier alpha value is -1.03. The van der Waals surface area contributed by atoms with Gasteiger partial charge in [-0.2, -0.15) is 11.8 Å². The van der Waals surface area contributed by atoms with Crippen LogP contribution in [0.1, 0.15) is 12.8 Å². The Bertz CT molecular complexity index is 342. The Kier molecular flexibility index (Phi) is 4.42. The summed E-state index contributed by atoms with van der Waals surface area (Å²) in [4.78, 5) is 0. The van der Waals surface area contributed by atoms with Crippen molar-refractivity contribution in [2.24, 2.45) is 0 Å². The molecule has 0 aliphatic carbocycles. The number of methoxy groups -OCH3 is 2. The van der Waals surface area contributed by atoms with Crippen LogP contribution in [0.25, 0.3) is 0 Å². The SMILES string of the molecule is COc1cc(NC2CCSCC2)cc(OC)c1. The number of rotatable bonds is 4. The Balaban J connectivity index is 2.07. The predicted octanol–water partition coefficient (Wildman–Crippen LogP) is 3.01. The normalized spacial score (nSPS) is 16.6. The second-order valence-corrected chi connectivity index (χ2v) is 5.36. The Morgan fingerprint density at radius 3 is 2.18 bits per heavy atom. The molecule has 3 nitrogen and oxygen atoms in total. The highest BCUT2D eigenvalue weighted by Crippen LogP contribution is 2.28. The average Bonchev–Trinajstić information content (AvgIpc) is 2.39. The highest BCUT2D eigenvalue weighted by Gasteiger charge is 2.13. The van der Waals surface area contributed by atoms with Gasteiger partial charge >= 0.3 is 0 Å². The first-order chi connectivity index (χ1) is 8.31. The van der Waals surface area contributed by atoms with Gasteiger partial charge in [-0.25, -0.2) is 0 Å². The van der Waals surface area contributed by atoms with E-state index in [0.29, 0.717) is 6.04 Å². The van der Waals surface area contributed by atoms with Crippen LogP contribution >= 0.6 is 11.8 Å². The van der Waals surface area contributed by atoms with Crippen molar-refractivity contribution in [3.63, 3.8) is 0 Å². The van der Waals surface area contributed by atoms with Crippen LogP contribution in [0, 0.1) is 0 Å². The minimum atomic E-state index is 0.577. The van der Waals surface area contributed by atoms with E-state index in [4.69, 9.17) is 9.47 Å². The van der Waals surface area contributed by atoms with Crippen LogP contribution in [-0.2, 0) is 0 Å². The fourth-order valence-corrected chi connectivity index (χ4v) is 3.07. The van der Waals surface area contributed by atoms with Gasteiger partial charge in [-0.15, -0.1) is 0 Å². The lowest BCUT2D eigenvalue weighted by atomic mass is 10.1. The minimum absolute atomic E-state index is 0.577. The Morgan fingerprint density at radius 2 is 1.65 bits per heavy atom. The topological polar surface area (TPSA) is 30.5 Å². The number of benzene rings is 1. The molecule has 0 aromatic heterocycles. The first-order valence-corrected chi connectivity index (χ1v) is 7.04. The number of ether oxygens (including phenoxy) is 2. The van der Waals surface area contributed by atoms with Gasteiger partial charge in [0.25, 0.3) is 0 Å². The second kappa shape index (κ2) is 6.05. The van der Waals surface area contributed by atoms with Crippen LogP contribution in [0.15, 0.2) is 18.2 Å². The Morgan fingerprint density at radius 1 is 1.06 bits per heavy atom. The summed E-state index contributed by atoms with van der Waals surface area (Å²) < 4.78 is 10.5. The van der Waals surface area contributed by atoms with Crippen molar-refractivity contribution in [1.82, 2.24) is 0 Å². The van der Waals surface area contributed by atoms with Crippen molar-refractivity contribution < 1.29 is 9.47 Å². The fourth-order valence-electron chi connectivity index (χ4n) is 1.97. The van der Waals surface area contributed by atoms with Crippen LogP contribution in [0.3, 0.4) is 0 Å². The molecular formula is C13H19NO2S. The van der Waals surface area contributed by atoms with E-state index in [1.54, 1.807) is 14.2 Å². The molecule has 0 bridgehead atoms. The molecule has 1 saturated heterocycles. The summed E-state index contributed by atoms with van der Waals surface area (Å²) in [5.74, 6) is 4.16. The van der Waals surface area contributed by atoms with E-state index in [1.807, 2.05) is 30.0 Å². The third kappa shape index (κ3) is 3.46. The van der Waals surface area contributed by atoms with Crippen LogP contribution < -0.4 is 14.8 Å². The van der Waals surface area contributed by atoms with E-state index >= 15 is 0 Å². The zero-order valence-electron chi connectivity index (χ0n) is 10.4. The third-order valence-corrected chi connectivity index (χ3v) is 3.99. The molecule has 17 heavy (non-hydrogen) atoms. The summed E-state index contributed by atoms with van der Waals surface area (Å²) in [5, 5.41) is 3.56. The van der Waals surface area contributed by atoms with Gasteiger partial charge in [0.15, 0.2) is 0 Å². The zero-order chi connectivity index (χ0) is 12.1. The molecule has 0 spiro atoms. The van der Waals surface area contributed by atoms with Gasteiger partial charge in [-0.3, -0.25) is 0 Å². The maximum absolute atomic E-state index is 5.26. The van der Waals surface area contributed by atoms with Gasteiger partial charge < -0.3 is 14.8 Å². The van der Waals surface area contributed by atoms with Crippen molar-refractivity contribution >= 4 is 17.4 Å². The average molecular weight is 253 g/mol. The highest BCUT2D eigenvalue weighted by atomic mass is 32.2. The second-order valence-electron chi connectivity index (χ2n) is 4.13. The van der Waals surface area contributed by atoms with Crippen LogP contribution in [0.2, 0.25) is 0 Å². The van der Waals surface area contributed by atoms with Gasteiger partial charge in [0.05, 0.1) is 14.2 Å². The number of thioether (sulfide) groups is 1. The van der Waals surface area contributed by atoms with E-state index in [2.05, 4.69) is 5.32 Å². The van der Waals surface area contributed by atoms with E-state index in [1.165, 1.54) is 24.3 Å². The lowest BCUT2D eigenvalue weighted by molar-refractivity contribution is 0.394. The Labute approximate surface area is 107 Å². The summed E-state index contributed by atoms with van der Waals surface area (Å²) in [7, 11) is 3.35. The summed E-state index contributed by atoms with van der Waals surface area (Å²) >= 11 is 2.04. The number of anilines is 1. The molecule has 1 aromatic carbocycles. The van der Waals surface area contributed by atoms with Crippen molar-refractivity contribution in [3.05, 3.63) is 18.2 Å². The molecule has 1 fully saturated rings. The number of nitrogens with one attached hydrogen (secondary N) is 1. The molecule has 1 aliphatic rings. The molecule has 1 aliphatic heterocycles. The lowest BCUT2D eigenvalue weighted by Gasteiger charge is -2.24. The van der Waals surface area contributed by atoms with E-state index in [0.717, 1.165) is 17.2 Å². The lowest BCUT2D eigenvalue weighted by Crippen LogP contribution is -2.24. The quantitative estimate of drug-likeness (QED) is 0.893. The zero-order valence-corrected chi connectivity index (χ0v) is 11.2. The van der Waals surface area contributed by atoms with Gasteiger partial charge in [0.2, 0.25) is 0 Å². The first kappa shape index (κ1) is 12.4. The van der Waals surface area contributed by atoms with E-state index in [9.17, 15) is 0 Å². The van der Waals surface area contributed by atoms with Crippen molar-refractivity contribution in [3.8, 4) is 11.5 Å². The summed E-state index contributed by atoms with van der Waals surface area (Å²) in [6, 6.07) is 6.50. The van der Waals surface area contributed by atoms with Crippen LogP contribution in [0.5, 0.6) is 11.5 Å². The third-order valence-electron chi connectivity index (χ3n) is 2.94. The molecule has 4 heteroatoms. The minimum Gasteiger partial charge on any atom is -0.497 e. The van der Waals surface area contributed by atoms with Gasteiger partial charge in [0, 0.05) is 29.9 Å². The molecule has 1 heterocycles. The highest BCUT2D eigenvalue weighted by molar-refractivity contribution is 7.99. The van der Waals surface area contributed by atoms with Gasteiger partial charge in [0.1, 0.15) is 11.5 Å². The molecule has 0 radical (unpaired) electrons. The number of hydrogen-bond acceptors (Lipinski definition) is 4. The van der Waals surface area contributed by atoms with Crippen molar-refractivity contribution in [2.75, 3.05) is 31.0 Å². The maximum Gasteiger partial charge on any atom is 0.124 e.